The van der Waals surface area contributed by atoms with Gasteiger partial charge in [0.15, 0.2) is 0 Å². The molecule has 27 heavy (non-hydrogen) atoms. The first kappa shape index (κ1) is 20.6. The topological polar surface area (TPSA) is 49.4 Å². The molecular formula is C19H27F3N2O2S. The molecule has 0 aromatic carbocycles. The summed E-state index contributed by atoms with van der Waals surface area (Å²) in [7, 11) is -2.07. The van der Waals surface area contributed by atoms with E-state index in [1.807, 2.05) is 6.92 Å². The van der Waals surface area contributed by atoms with Crippen LogP contribution < -0.4 is 5.32 Å². The number of halogens is 3. The molecule has 2 aliphatic carbocycles. The Morgan fingerprint density at radius 1 is 1.26 bits per heavy atom. The van der Waals surface area contributed by atoms with E-state index in [1.165, 1.54) is 10.4 Å². The van der Waals surface area contributed by atoms with Crippen LogP contribution in [0.3, 0.4) is 0 Å². The van der Waals surface area contributed by atoms with Crippen LogP contribution in [-0.4, -0.2) is 44.6 Å². The molecule has 152 valence electrons. The number of alkyl halides is 3. The standard InChI is InChI=1S/C19H27F3N2O2S/c1-3-23-13-16-17(14-7-9-15(10-8-14)19(20,21)22)27(25,26)24(2)18(16)11-5-4-6-12-18/h7,9-10,14,23H,3-6,8,11-13H2,1-2H3. The van der Waals surface area contributed by atoms with E-state index in [4.69, 9.17) is 0 Å². The van der Waals surface area contributed by atoms with Gasteiger partial charge in [0.2, 0.25) is 10.0 Å². The maximum atomic E-state index is 13.3. The third-order valence-electron chi connectivity index (χ3n) is 6.10. The lowest BCUT2D eigenvalue weighted by atomic mass is 9.74. The van der Waals surface area contributed by atoms with Gasteiger partial charge in [-0.1, -0.05) is 44.4 Å². The second kappa shape index (κ2) is 7.37. The second-order valence-corrected chi connectivity index (χ2v) is 9.48. The molecule has 3 rings (SSSR count). The second-order valence-electron chi connectivity index (χ2n) is 7.55. The molecule has 0 radical (unpaired) electrons. The molecule has 0 amide bonds. The summed E-state index contributed by atoms with van der Waals surface area (Å²) in [6, 6.07) is 0. The maximum absolute atomic E-state index is 13.3. The number of nitrogens with zero attached hydrogens (tertiary/aromatic N) is 1. The quantitative estimate of drug-likeness (QED) is 0.773. The lowest BCUT2D eigenvalue weighted by Crippen LogP contribution is -2.48. The van der Waals surface area contributed by atoms with Gasteiger partial charge in [0.25, 0.3) is 0 Å². The fourth-order valence-corrected chi connectivity index (χ4v) is 6.83. The van der Waals surface area contributed by atoms with Gasteiger partial charge >= 0.3 is 6.18 Å². The highest BCUT2D eigenvalue weighted by atomic mass is 32.2. The van der Waals surface area contributed by atoms with E-state index in [0.717, 1.165) is 49.8 Å². The minimum absolute atomic E-state index is 0.0550. The number of likely N-dealkylation sites (N-methyl/N-ethyl adjacent to an activating group) is 2. The van der Waals surface area contributed by atoms with Gasteiger partial charge in [0.05, 0.1) is 16.0 Å². The molecular weight excluding hydrogens is 377 g/mol. The molecule has 1 fully saturated rings. The van der Waals surface area contributed by atoms with Crippen molar-refractivity contribution in [2.75, 3.05) is 20.1 Å². The van der Waals surface area contributed by atoms with Crippen LogP contribution in [0.4, 0.5) is 13.2 Å². The van der Waals surface area contributed by atoms with Gasteiger partial charge in [-0.25, -0.2) is 8.42 Å². The Morgan fingerprint density at radius 2 is 1.93 bits per heavy atom. The van der Waals surface area contributed by atoms with Crippen LogP contribution in [0.1, 0.15) is 45.4 Å². The van der Waals surface area contributed by atoms with Crippen LogP contribution in [0.5, 0.6) is 0 Å². The van der Waals surface area contributed by atoms with Crippen molar-refractivity contribution in [2.24, 2.45) is 5.92 Å². The van der Waals surface area contributed by atoms with Gasteiger partial charge < -0.3 is 5.32 Å². The Hall–Kier alpha value is -1.12. The molecule has 1 atom stereocenters. The molecule has 1 aliphatic heterocycles. The van der Waals surface area contributed by atoms with Crippen molar-refractivity contribution in [2.45, 2.75) is 57.2 Å². The molecule has 1 unspecified atom stereocenters. The highest BCUT2D eigenvalue weighted by molar-refractivity contribution is 7.93. The fraction of sp³-hybridized carbons (Fsp3) is 0.684. The minimum atomic E-state index is -4.40. The van der Waals surface area contributed by atoms with Crippen molar-refractivity contribution in [3.63, 3.8) is 0 Å². The van der Waals surface area contributed by atoms with Crippen molar-refractivity contribution >= 4 is 10.0 Å². The van der Waals surface area contributed by atoms with E-state index >= 15 is 0 Å². The summed E-state index contributed by atoms with van der Waals surface area (Å²) in [6.45, 7) is 3.12. The Bertz CT molecular complexity index is 775. The predicted octanol–water partition coefficient (Wildman–Crippen LogP) is 3.89. The van der Waals surface area contributed by atoms with Crippen LogP contribution in [0, 0.1) is 5.92 Å². The molecule has 0 saturated heterocycles. The minimum Gasteiger partial charge on any atom is -0.313 e. The highest BCUT2D eigenvalue weighted by Crippen LogP contribution is 2.51. The molecule has 0 aromatic rings. The van der Waals surface area contributed by atoms with Crippen molar-refractivity contribution in [3.05, 3.63) is 34.3 Å². The molecule has 1 spiro atoms. The van der Waals surface area contributed by atoms with Gasteiger partial charge in [-0.05, 0) is 31.4 Å². The van der Waals surface area contributed by atoms with Crippen LogP contribution >= 0.6 is 0 Å². The first-order valence-electron chi connectivity index (χ1n) is 9.53. The zero-order valence-electron chi connectivity index (χ0n) is 15.8. The summed E-state index contributed by atoms with van der Waals surface area (Å²) in [5.74, 6) is -0.543. The summed E-state index contributed by atoms with van der Waals surface area (Å²) in [6.07, 6.45) is 3.75. The van der Waals surface area contributed by atoms with E-state index in [2.05, 4.69) is 5.32 Å². The zero-order chi connectivity index (χ0) is 19.9. The van der Waals surface area contributed by atoms with E-state index in [1.54, 1.807) is 7.05 Å². The van der Waals surface area contributed by atoms with Gasteiger partial charge in [-0.3, -0.25) is 0 Å². The van der Waals surface area contributed by atoms with Crippen LogP contribution in [-0.2, 0) is 10.0 Å². The molecule has 1 N–H and O–H groups in total. The van der Waals surface area contributed by atoms with E-state index in [9.17, 15) is 21.6 Å². The summed E-state index contributed by atoms with van der Waals surface area (Å²) >= 11 is 0. The van der Waals surface area contributed by atoms with Gasteiger partial charge in [-0.15, -0.1) is 0 Å². The lowest BCUT2D eigenvalue weighted by Gasteiger charge is -2.40. The van der Waals surface area contributed by atoms with Crippen molar-refractivity contribution in [3.8, 4) is 0 Å². The average Bonchev–Trinajstić information content (AvgIpc) is 2.78. The normalized spacial score (nSPS) is 28.0. The Kier molecular flexibility index (Phi) is 5.62. The monoisotopic (exact) mass is 404 g/mol. The van der Waals surface area contributed by atoms with Crippen molar-refractivity contribution < 1.29 is 21.6 Å². The Morgan fingerprint density at radius 3 is 2.44 bits per heavy atom. The molecule has 1 saturated carbocycles. The summed E-state index contributed by atoms with van der Waals surface area (Å²) in [5.41, 5.74) is -0.384. The third-order valence-corrected chi connectivity index (χ3v) is 8.27. The third kappa shape index (κ3) is 3.51. The molecule has 8 heteroatoms. The zero-order valence-corrected chi connectivity index (χ0v) is 16.6. The van der Waals surface area contributed by atoms with Crippen molar-refractivity contribution in [1.82, 2.24) is 9.62 Å². The number of allylic oxidation sites excluding steroid dienone is 5. The van der Waals surface area contributed by atoms with Crippen LogP contribution in [0.25, 0.3) is 0 Å². The fourth-order valence-electron chi connectivity index (χ4n) is 4.65. The molecule has 0 aromatic heterocycles. The first-order chi connectivity index (χ1) is 12.6. The predicted molar refractivity (Wildman–Crippen MR) is 99.5 cm³/mol. The van der Waals surface area contributed by atoms with Crippen molar-refractivity contribution in [1.29, 1.82) is 0 Å². The van der Waals surface area contributed by atoms with Crippen LogP contribution in [0.2, 0.25) is 0 Å². The van der Waals surface area contributed by atoms with Gasteiger partial charge in [-0.2, -0.15) is 17.5 Å². The number of sulfonamides is 1. The van der Waals surface area contributed by atoms with Gasteiger partial charge in [0.1, 0.15) is 0 Å². The van der Waals surface area contributed by atoms with Gasteiger partial charge in [0, 0.05) is 19.5 Å². The smallest absolute Gasteiger partial charge is 0.313 e. The highest BCUT2D eigenvalue weighted by Gasteiger charge is 2.54. The number of rotatable bonds is 4. The summed E-state index contributed by atoms with van der Waals surface area (Å²) in [5, 5.41) is 3.25. The van der Waals surface area contributed by atoms with Crippen LogP contribution in [0.15, 0.2) is 34.3 Å². The molecule has 4 nitrogen and oxygen atoms in total. The number of nitrogens with one attached hydrogen (secondary N) is 1. The first-order valence-corrected chi connectivity index (χ1v) is 11.0. The maximum Gasteiger partial charge on any atom is 0.416 e. The average molecular weight is 404 g/mol. The largest absolute Gasteiger partial charge is 0.416 e. The molecule has 0 bridgehead atoms. The SMILES string of the molecule is CCNCC1=C(C2C=CC(C(F)(F)F)=CC2)S(=O)(=O)N(C)C12CCCCC2. The molecule has 3 aliphatic rings. The van der Waals surface area contributed by atoms with E-state index < -0.39 is 33.2 Å². The summed E-state index contributed by atoms with van der Waals surface area (Å²) in [4.78, 5) is 0.307. The summed E-state index contributed by atoms with van der Waals surface area (Å²) < 4.78 is 66.8. The Labute approximate surface area is 159 Å². The van der Waals surface area contributed by atoms with E-state index in [-0.39, 0.29) is 6.42 Å². The number of hydrogen-bond donors (Lipinski definition) is 1. The lowest BCUT2D eigenvalue weighted by molar-refractivity contribution is -0.0886. The van der Waals surface area contributed by atoms with E-state index in [0.29, 0.717) is 18.0 Å². The molecule has 1 heterocycles. The number of hydrogen-bond acceptors (Lipinski definition) is 3. The Balaban J connectivity index is 2.05.